The minimum absolute atomic E-state index is 0.263. The second-order valence-electron chi connectivity index (χ2n) is 6.85. The molecule has 0 unspecified atom stereocenters. The van der Waals surface area contributed by atoms with E-state index in [0.717, 1.165) is 24.5 Å². The Labute approximate surface area is 162 Å². The lowest BCUT2D eigenvalue weighted by Gasteiger charge is -2.38. The number of hydrogen-bond donors (Lipinski definition) is 2. The molecule has 0 spiro atoms. The Bertz CT molecular complexity index is 756. The minimum Gasteiger partial charge on any atom is -0.472 e. The first-order valence-electron chi connectivity index (χ1n) is 8.91. The fourth-order valence-electron chi connectivity index (χ4n) is 2.71. The van der Waals surface area contributed by atoms with E-state index in [1.807, 2.05) is 0 Å². The summed E-state index contributed by atoms with van der Waals surface area (Å²) in [4.78, 5) is 11.2. The van der Waals surface area contributed by atoms with E-state index in [1.54, 1.807) is 25.1 Å². The first kappa shape index (κ1) is 19.9. The number of ether oxygens (including phenoxy) is 1. The number of aromatic nitrogens is 2. The van der Waals surface area contributed by atoms with Gasteiger partial charge >= 0.3 is 0 Å². The molecule has 8 heteroatoms. The van der Waals surface area contributed by atoms with Crippen LogP contribution < -0.4 is 9.64 Å². The number of hydrogen-bond acceptors (Lipinski definition) is 7. The van der Waals surface area contributed by atoms with Crippen LogP contribution in [-0.4, -0.2) is 52.1 Å². The van der Waals surface area contributed by atoms with E-state index >= 15 is 0 Å². The number of halogens is 1. The molecule has 0 saturated carbocycles. The summed E-state index contributed by atoms with van der Waals surface area (Å²) in [5.74, 6) is 2.11. The number of benzene rings is 1. The standard InChI is InChI=1S/C19H24FN3O3S/c1-12-8-23(9-12)17-7-18(26-13(2)16(25)10-24)22-19(21-17)27-11-14-3-5-15(20)6-4-14/h3-7,12-13,16,24-25H,8-11H2,1-2H3/t13-,16+/m1/s1. The van der Waals surface area contributed by atoms with Crippen molar-refractivity contribution in [2.24, 2.45) is 5.92 Å². The lowest BCUT2D eigenvalue weighted by atomic mass is 10.0. The Balaban J connectivity index is 1.75. The third kappa shape index (κ3) is 5.31. The molecule has 1 fully saturated rings. The van der Waals surface area contributed by atoms with Crippen molar-refractivity contribution < 1.29 is 19.3 Å². The summed E-state index contributed by atoms with van der Waals surface area (Å²) in [6, 6.07) is 8.09. The molecule has 0 amide bonds. The second-order valence-corrected chi connectivity index (χ2v) is 7.79. The van der Waals surface area contributed by atoms with Crippen LogP contribution in [0.5, 0.6) is 5.88 Å². The third-order valence-electron chi connectivity index (χ3n) is 4.37. The molecule has 1 aliphatic heterocycles. The van der Waals surface area contributed by atoms with Gasteiger partial charge in [-0.2, -0.15) is 4.98 Å². The molecule has 0 bridgehead atoms. The van der Waals surface area contributed by atoms with Crippen LogP contribution in [0, 0.1) is 11.7 Å². The average molecular weight is 393 g/mol. The fraction of sp³-hybridized carbons (Fsp3) is 0.474. The molecule has 2 atom stereocenters. The van der Waals surface area contributed by atoms with Crippen LogP contribution in [0.3, 0.4) is 0 Å². The number of rotatable bonds is 8. The van der Waals surface area contributed by atoms with E-state index < -0.39 is 12.2 Å². The quantitative estimate of drug-likeness (QED) is 0.527. The van der Waals surface area contributed by atoms with Gasteiger partial charge in [0, 0.05) is 24.9 Å². The van der Waals surface area contributed by atoms with Crippen molar-refractivity contribution in [2.45, 2.75) is 37.0 Å². The SMILES string of the molecule is CC1CN(c2cc(O[C@H](C)[C@@H](O)CO)nc(SCc3ccc(F)cc3)n2)C1. The zero-order valence-corrected chi connectivity index (χ0v) is 16.2. The topological polar surface area (TPSA) is 78.7 Å². The number of nitrogens with zero attached hydrogens (tertiary/aromatic N) is 3. The van der Waals surface area contributed by atoms with E-state index in [4.69, 9.17) is 9.84 Å². The molecule has 2 aromatic rings. The Morgan fingerprint density at radius 3 is 2.63 bits per heavy atom. The van der Waals surface area contributed by atoms with Crippen LogP contribution in [-0.2, 0) is 5.75 Å². The highest BCUT2D eigenvalue weighted by atomic mass is 32.2. The number of aliphatic hydroxyl groups is 2. The van der Waals surface area contributed by atoms with Gasteiger partial charge in [0.05, 0.1) is 6.61 Å². The summed E-state index contributed by atoms with van der Waals surface area (Å²) < 4.78 is 18.8. The van der Waals surface area contributed by atoms with Gasteiger partial charge in [-0.1, -0.05) is 30.8 Å². The summed E-state index contributed by atoms with van der Waals surface area (Å²) >= 11 is 1.44. The number of thioether (sulfide) groups is 1. The van der Waals surface area contributed by atoms with Crippen molar-refractivity contribution in [2.75, 3.05) is 24.6 Å². The first-order chi connectivity index (χ1) is 12.9. The molecule has 1 saturated heterocycles. The molecule has 2 N–H and O–H groups in total. The molecule has 27 heavy (non-hydrogen) atoms. The molecule has 1 aliphatic rings. The molecular formula is C19H24FN3O3S. The van der Waals surface area contributed by atoms with Crippen LogP contribution in [0.2, 0.25) is 0 Å². The van der Waals surface area contributed by atoms with Crippen molar-refractivity contribution in [1.29, 1.82) is 0 Å². The molecule has 3 rings (SSSR count). The molecule has 2 heterocycles. The van der Waals surface area contributed by atoms with E-state index in [2.05, 4.69) is 21.8 Å². The highest BCUT2D eigenvalue weighted by molar-refractivity contribution is 7.98. The maximum atomic E-state index is 13.0. The molecule has 0 aliphatic carbocycles. The van der Waals surface area contributed by atoms with E-state index in [-0.39, 0.29) is 12.4 Å². The normalized spacial score (nSPS) is 16.7. The highest BCUT2D eigenvalue weighted by Crippen LogP contribution is 2.29. The smallest absolute Gasteiger partial charge is 0.219 e. The van der Waals surface area contributed by atoms with E-state index in [9.17, 15) is 9.50 Å². The van der Waals surface area contributed by atoms with E-state index in [0.29, 0.717) is 22.7 Å². The van der Waals surface area contributed by atoms with Crippen molar-refractivity contribution >= 4 is 17.6 Å². The Kier molecular flexibility index (Phi) is 6.51. The molecule has 6 nitrogen and oxygen atoms in total. The van der Waals surface area contributed by atoms with Crippen molar-refractivity contribution in [3.05, 3.63) is 41.7 Å². The summed E-state index contributed by atoms with van der Waals surface area (Å²) in [7, 11) is 0. The maximum absolute atomic E-state index is 13.0. The van der Waals surface area contributed by atoms with Crippen LogP contribution >= 0.6 is 11.8 Å². The van der Waals surface area contributed by atoms with Crippen molar-refractivity contribution in [1.82, 2.24) is 9.97 Å². The molecule has 0 radical (unpaired) electrons. The van der Waals surface area contributed by atoms with Crippen molar-refractivity contribution in [3.8, 4) is 5.88 Å². The summed E-state index contributed by atoms with van der Waals surface area (Å²) in [5, 5.41) is 19.4. The van der Waals surface area contributed by atoms with Gasteiger partial charge in [-0.25, -0.2) is 9.37 Å². The molecule has 1 aromatic heterocycles. The lowest BCUT2D eigenvalue weighted by molar-refractivity contribution is 0.00597. The summed E-state index contributed by atoms with van der Waals surface area (Å²) in [6.07, 6.45) is -1.58. The highest BCUT2D eigenvalue weighted by Gasteiger charge is 2.25. The monoisotopic (exact) mass is 393 g/mol. The van der Waals surface area contributed by atoms with Gasteiger partial charge in [-0.15, -0.1) is 0 Å². The van der Waals surface area contributed by atoms with Gasteiger partial charge in [0.15, 0.2) is 5.16 Å². The summed E-state index contributed by atoms with van der Waals surface area (Å²) in [5.41, 5.74) is 0.972. The van der Waals surface area contributed by atoms with Crippen molar-refractivity contribution in [3.63, 3.8) is 0 Å². The van der Waals surface area contributed by atoms with Crippen LogP contribution in [0.15, 0.2) is 35.5 Å². The van der Waals surface area contributed by atoms with Gasteiger partial charge in [0.25, 0.3) is 0 Å². The van der Waals surface area contributed by atoms with Crippen LogP contribution in [0.1, 0.15) is 19.4 Å². The fourth-order valence-corrected chi connectivity index (χ4v) is 3.51. The second kappa shape index (κ2) is 8.86. The van der Waals surface area contributed by atoms with Gasteiger partial charge < -0.3 is 19.8 Å². The molecular weight excluding hydrogens is 369 g/mol. The predicted octanol–water partition coefficient (Wildman–Crippen LogP) is 2.48. The number of anilines is 1. The Hall–Kier alpha value is -1.90. The van der Waals surface area contributed by atoms with Gasteiger partial charge in [0.2, 0.25) is 5.88 Å². The van der Waals surface area contributed by atoms with E-state index in [1.165, 1.54) is 23.9 Å². The predicted molar refractivity (Wildman–Crippen MR) is 103 cm³/mol. The average Bonchev–Trinajstić information content (AvgIpc) is 2.64. The zero-order chi connectivity index (χ0) is 19.4. The Morgan fingerprint density at radius 2 is 2.00 bits per heavy atom. The minimum atomic E-state index is -0.984. The van der Waals surface area contributed by atoms with Crippen LogP contribution in [0.4, 0.5) is 10.2 Å². The summed E-state index contributed by atoms with van der Waals surface area (Å²) in [6.45, 7) is 5.33. The van der Waals surface area contributed by atoms with Gasteiger partial charge in [-0.05, 0) is 30.5 Å². The molecule has 146 valence electrons. The van der Waals surface area contributed by atoms with Gasteiger partial charge in [0.1, 0.15) is 23.8 Å². The maximum Gasteiger partial charge on any atom is 0.219 e. The molecule has 1 aromatic carbocycles. The zero-order valence-electron chi connectivity index (χ0n) is 15.4. The lowest BCUT2D eigenvalue weighted by Crippen LogP contribution is -2.45. The first-order valence-corrected chi connectivity index (χ1v) is 9.90. The van der Waals surface area contributed by atoms with Crippen LogP contribution in [0.25, 0.3) is 0 Å². The number of aliphatic hydroxyl groups excluding tert-OH is 2. The largest absolute Gasteiger partial charge is 0.472 e. The van der Waals surface area contributed by atoms with Gasteiger partial charge in [-0.3, -0.25) is 0 Å². The Morgan fingerprint density at radius 1 is 1.30 bits per heavy atom. The third-order valence-corrected chi connectivity index (χ3v) is 5.29.